The van der Waals surface area contributed by atoms with Crippen molar-refractivity contribution in [2.75, 3.05) is 26.0 Å². The SMILES string of the molecule is CN(C)CC(Nc1ncnc2nc[nH]c12)c1ccc(Cl)c(Cl)c1. The molecule has 1 unspecified atom stereocenters. The van der Waals surface area contributed by atoms with E-state index in [1.165, 1.54) is 6.33 Å². The molecule has 2 aromatic heterocycles. The van der Waals surface area contributed by atoms with E-state index in [1.807, 2.05) is 26.2 Å². The first kappa shape index (κ1) is 16.0. The predicted molar refractivity (Wildman–Crippen MR) is 93.1 cm³/mol. The number of nitrogens with zero attached hydrogens (tertiary/aromatic N) is 4. The smallest absolute Gasteiger partial charge is 0.182 e. The standard InChI is InChI=1S/C15H16Cl2N6/c1-23(2)6-12(9-3-4-10(16)11(17)5-9)22-15-13-14(19-7-18-13)20-8-21-15/h3-5,7-8,12H,6H2,1-2H3,(H2,18,19,20,21,22). The molecule has 3 aromatic rings. The van der Waals surface area contributed by atoms with Crippen LogP contribution < -0.4 is 5.32 Å². The monoisotopic (exact) mass is 350 g/mol. The number of nitrogens with one attached hydrogen (secondary N) is 2. The molecular formula is C15H16Cl2N6. The Bertz CT molecular complexity index is 817. The minimum atomic E-state index is -0.0128. The lowest BCUT2D eigenvalue weighted by Gasteiger charge is -2.23. The second-order valence-electron chi connectivity index (χ2n) is 5.46. The third kappa shape index (κ3) is 3.55. The maximum Gasteiger partial charge on any atom is 0.182 e. The van der Waals surface area contributed by atoms with E-state index in [2.05, 4.69) is 30.2 Å². The number of H-pyrrole nitrogens is 1. The average molecular weight is 351 g/mol. The largest absolute Gasteiger partial charge is 0.360 e. The van der Waals surface area contributed by atoms with Crippen LogP contribution in [-0.4, -0.2) is 45.5 Å². The molecule has 120 valence electrons. The van der Waals surface area contributed by atoms with Gasteiger partial charge in [-0.15, -0.1) is 0 Å². The van der Waals surface area contributed by atoms with Crippen molar-refractivity contribution in [1.29, 1.82) is 0 Å². The number of likely N-dealkylation sites (N-methyl/N-ethyl adjacent to an activating group) is 1. The molecule has 0 saturated heterocycles. The second kappa shape index (κ2) is 6.70. The summed E-state index contributed by atoms with van der Waals surface area (Å²) >= 11 is 12.2. The maximum absolute atomic E-state index is 6.16. The molecule has 0 saturated carbocycles. The molecule has 0 aliphatic rings. The third-order valence-corrected chi connectivity index (χ3v) is 4.17. The van der Waals surface area contributed by atoms with Crippen molar-refractivity contribution in [2.24, 2.45) is 0 Å². The van der Waals surface area contributed by atoms with Crippen molar-refractivity contribution >= 4 is 40.2 Å². The Morgan fingerprint density at radius 2 is 2.00 bits per heavy atom. The number of rotatable bonds is 5. The van der Waals surface area contributed by atoms with E-state index < -0.39 is 0 Å². The molecule has 0 radical (unpaired) electrons. The molecule has 1 atom stereocenters. The third-order valence-electron chi connectivity index (χ3n) is 3.43. The van der Waals surface area contributed by atoms with Gasteiger partial charge in [0.15, 0.2) is 11.5 Å². The Labute approximate surface area is 143 Å². The van der Waals surface area contributed by atoms with E-state index in [9.17, 15) is 0 Å². The summed E-state index contributed by atoms with van der Waals surface area (Å²) in [6.07, 6.45) is 3.09. The van der Waals surface area contributed by atoms with Gasteiger partial charge in [-0.2, -0.15) is 0 Å². The normalized spacial score (nSPS) is 12.7. The van der Waals surface area contributed by atoms with Crippen LogP contribution in [0.3, 0.4) is 0 Å². The van der Waals surface area contributed by atoms with Crippen LogP contribution in [-0.2, 0) is 0 Å². The fourth-order valence-corrected chi connectivity index (χ4v) is 2.67. The van der Waals surface area contributed by atoms with Crippen molar-refractivity contribution in [1.82, 2.24) is 24.8 Å². The Hall–Kier alpha value is -1.89. The molecule has 6 nitrogen and oxygen atoms in total. The van der Waals surface area contributed by atoms with Gasteiger partial charge < -0.3 is 15.2 Å². The molecule has 0 spiro atoms. The zero-order valence-electron chi connectivity index (χ0n) is 12.7. The number of aromatic nitrogens is 4. The van der Waals surface area contributed by atoms with Gasteiger partial charge >= 0.3 is 0 Å². The molecular weight excluding hydrogens is 335 g/mol. The quantitative estimate of drug-likeness (QED) is 0.738. The average Bonchev–Trinajstić information content (AvgIpc) is 2.98. The number of hydrogen-bond donors (Lipinski definition) is 2. The number of anilines is 1. The van der Waals surface area contributed by atoms with Gasteiger partial charge in [0.05, 0.1) is 22.4 Å². The Kier molecular flexibility index (Phi) is 4.66. The van der Waals surface area contributed by atoms with E-state index in [1.54, 1.807) is 12.4 Å². The highest BCUT2D eigenvalue weighted by molar-refractivity contribution is 6.42. The van der Waals surface area contributed by atoms with Gasteiger partial charge in [-0.05, 0) is 31.8 Å². The Balaban J connectivity index is 1.96. The molecule has 2 heterocycles. The van der Waals surface area contributed by atoms with E-state index in [0.29, 0.717) is 21.5 Å². The number of halogens is 2. The van der Waals surface area contributed by atoms with Gasteiger partial charge in [0.25, 0.3) is 0 Å². The molecule has 23 heavy (non-hydrogen) atoms. The van der Waals surface area contributed by atoms with Crippen molar-refractivity contribution < 1.29 is 0 Å². The van der Waals surface area contributed by atoms with E-state index in [0.717, 1.165) is 17.6 Å². The molecule has 0 aliphatic heterocycles. The van der Waals surface area contributed by atoms with Gasteiger partial charge in [-0.25, -0.2) is 15.0 Å². The minimum absolute atomic E-state index is 0.0128. The van der Waals surface area contributed by atoms with E-state index in [4.69, 9.17) is 23.2 Å². The first-order chi connectivity index (χ1) is 11.0. The topological polar surface area (TPSA) is 69.7 Å². The maximum atomic E-state index is 6.16. The van der Waals surface area contributed by atoms with Crippen LogP contribution in [0.4, 0.5) is 5.82 Å². The van der Waals surface area contributed by atoms with Crippen LogP contribution in [0, 0.1) is 0 Å². The van der Waals surface area contributed by atoms with Gasteiger partial charge in [0.2, 0.25) is 0 Å². The van der Waals surface area contributed by atoms with Crippen LogP contribution >= 0.6 is 23.2 Å². The molecule has 1 aromatic carbocycles. The summed E-state index contributed by atoms with van der Waals surface area (Å²) in [5.74, 6) is 0.699. The van der Waals surface area contributed by atoms with E-state index in [-0.39, 0.29) is 6.04 Å². The number of aromatic amines is 1. The summed E-state index contributed by atoms with van der Waals surface area (Å²) < 4.78 is 0. The minimum Gasteiger partial charge on any atom is -0.360 e. The molecule has 3 rings (SSSR count). The lowest BCUT2D eigenvalue weighted by molar-refractivity contribution is 0.386. The summed E-state index contributed by atoms with van der Waals surface area (Å²) in [6, 6.07) is 5.62. The summed E-state index contributed by atoms with van der Waals surface area (Å²) in [7, 11) is 4.02. The van der Waals surface area contributed by atoms with Crippen molar-refractivity contribution in [2.45, 2.75) is 6.04 Å². The summed E-state index contributed by atoms with van der Waals surface area (Å²) in [5.41, 5.74) is 2.43. The Morgan fingerprint density at radius 1 is 1.17 bits per heavy atom. The number of fused-ring (bicyclic) bond motifs is 1. The van der Waals surface area contributed by atoms with Crippen LogP contribution in [0.25, 0.3) is 11.2 Å². The number of hydrogen-bond acceptors (Lipinski definition) is 5. The second-order valence-corrected chi connectivity index (χ2v) is 6.27. The van der Waals surface area contributed by atoms with Crippen molar-refractivity contribution in [3.8, 4) is 0 Å². The Morgan fingerprint density at radius 3 is 2.74 bits per heavy atom. The van der Waals surface area contributed by atoms with Gasteiger partial charge in [0, 0.05) is 6.54 Å². The lowest BCUT2D eigenvalue weighted by Crippen LogP contribution is -2.26. The zero-order chi connectivity index (χ0) is 16.4. The van der Waals surface area contributed by atoms with Gasteiger partial charge in [-0.1, -0.05) is 29.3 Å². The number of benzene rings is 1. The zero-order valence-corrected chi connectivity index (χ0v) is 14.2. The van der Waals surface area contributed by atoms with Crippen LogP contribution in [0.15, 0.2) is 30.9 Å². The van der Waals surface area contributed by atoms with Crippen LogP contribution in [0.2, 0.25) is 10.0 Å². The lowest BCUT2D eigenvalue weighted by atomic mass is 10.1. The first-order valence-electron chi connectivity index (χ1n) is 7.05. The fraction of sp³-hybridized carbons (Fsp3) is 0.267. The first-order valence-corrected chi connectivity index (χ1v) is 7.80. The molecule has 8 heteroatoms. The fourth-order valence-electron chi connectivity index (χ4n) is 2.37. The molecule has 0 fully saturated rings. The molecule has 0 aliphatic carbocycles. The molecule has 0 bridgehead atoms. The summed E-state index contributed by atoms with van der Waals surface area (Å²) in [4.78, 5) is 17.7. The van der Waals surface area contributed by atoms with Crippen molar-refractivity contribution in [3.05, 3.63) is 46.5 Å². The van der Waals surface area contributed by atoms with Crippen LogP contribution in [0.5, 0.6) is 0 Å². The van der Waals surface area contributed by atoms with Crippen molar-refractivity contribution in [3.63, 3.8) is 0 Å². The summed E-state index contributed by atoms with van der Waals surface area (Å²) in [5, 5.41) is 4.51. The predicted octanol–water partition coefficient (Wildman–Crippen LogP) is 3.37. The highest BCUT2D eigenvalue weighted by Gasteiger charge is 2.17. The van der Waals surface area contributed by atoms with Gasteiger partial charge in [-0.3, -0.25) is 0 Å². The summed E-state index contributed by atoms with van der Waals surface area (Å²) in [6.45, 7) is 0.762. The highest BCUT2D eigenvalue weighted by Crippen LogP contribution is 2.28. The highest BCUT2D eigenvalue weighted by atomic mass is 35.5. The number of imidazole rings is 1. The molecule has 2 N–H and O–H groups in total. The van der Waals surface area contributed by atoms with Gasteiger partial charge in [0.1, 0.15) is 11.8 Å². The van der Waals surface area contributed by atoms with Crippen LogP contribution in [0.1, 0.15) is 11.6 Å². The van der Waals surface area contributed by atoms with E-state index >= 15 is 0 Å². The molecule has 0 amide bonds.